The van der Waals surface area contributed by atoms with E-state index in [1.165, 1.54) is 23.8 Å². The summed E-state index contributed by atoms with van der Waals surface area (Å²) in [6, 6.07) is 7.43. The summed E-state index contributed by atoms with van der Waals surface area (Å²) in [7, 11) is 2.95. The van der Waals surface area contributed by atoms with Crippen LogP contribution in [0.1, 0.15) is 18.4 Å². The summed E-state index contributed by atoms with van der Waals surface area (Å²) in [5, 5.41) is 0. The zero-order valence-electron chi connectivity index (χ0n) is 12.9. The highest BCUT2D eigenvalue weighted by Crippen LogP contribution is 2.32. The SMILES string of the molecule is COC(=O)CCCN1C(=O)/C(=C/c2ccc(OC)cc2)SC1=S. The van der Waals surface area contributed by atoms with Crippen molar-refractivity contribution in [3.8, 4) is 5.75 Å². The van der Waals surface area contributed by atoms with Gasteiger partial charge in [-0.1, -0.05) is 36.1 Å². The number of hydrogen-bond acceptors (Lipinski definition) is 6. The number of benzene rings is 1. The third-order valence-electron chi connectivity index (χ3n) is 3.28. The Balaban J connectivity index is 2.01. The van der Waals surface area contributed by atoms with Crippen molar-refractivity contribution in [1.82, 2.24) is 4.90 Å². The van der Waals surface area contributed by atoms with E-state index in [1.54, 1.807) is 13.2 Å². The zero-order valence-corrected chi connectivity index (χ0v) is 14.5. The number of carbonyl (C=O) groups is 2. The Morgan fingerprint density at radius 3 is 2.61 bits per heavy atom. The number of hydrogen-bond donors (Lipinski definition) is 0. The maximum atomic E-state index is 12.4. The predicted molar refractivity (Wildman–Crippen MR) is 94.1 cm³/mol. The van der Waals surface area contributed by atoms with Crippen LogP contribution in [0, 0.1) is 0 Å². The second-order valence-electron chi connectivity index (χ2n) is 4.79. The number of methoxy groups -OCH3 is 2. The first-order chi connectivity index (χ1) is 11.0. The van der Waals surface area contributed by atoms with Gasteiger partial charge in [-0.25, -0.2) is 0 Å². The molecule has 2 rings (SSSR count). The summed E-state index contributed by atoms with van der Waals surface area (Å²) >= 11 is 6.52. The van der Waals surface area contributed by atoms with Crippen LogP contribution in [0.4, 0.5) is 0 Å². The molecule has 1 heterocycles. The van der Waals surface area contributed by atoms with Gasteiger partial charge in [-0.15, -0.1) is 0 Å². The zero-order chi connectivity index (χ0) is 16.8. The first-order valence-corrected chi connectivity index (χ1v) is 8.24. The lowest BCUT2D eigenvalue weighted by atomic mass is 10.2. The maximum Gasteiger partial charge on any atom is 0.305 e. The molecule has 0 bridgehead atoms. The molecule has 0 aromatic heterocycles. The second-order valence-corrected chi connectivity index (χ2v) is 6.46. The monoisotopic (exact) mass is 351 g/mol. The van der Waals surface area contributed by atoms with Gasteiger partial charge >= 0.3 is 5.97 Å². The van der Waals surface area contributed by atoms with Crippen molar-refractivity contribution < 1.29 is 19.1 Å². The van der Waals surface area contributed by atoms with Crippen LogP contribution in [-0.4, -0.2) is 41.9 Å². The lowest BCUT2D eigenvalue weighted by Gasteiger charge is -2.13. The topological polar surface area (TPSA) is 55.8 Å². The third kappa shape index (κ3) is 4.56. The standard InChI is InChI=1S/C16H17NO4S2/c1-20-12-7-5-11(6-8-12)10-13-15(19)17(16(22)23-13)9-3-4-14(18)21-2/h5-8,10H,3-4,9H2,1-2H3/b13-10-. The molecular formula is C16H17NO4S2. The van der Waals surface area contributed by atoms with Crippen molar-refractivity contribution in [2.75, 3.05) is 20.8 Å². The Kier molecular flexibility index (Phi) is 6.18. The number of nitrogens with zero attached hydrogens (tertiary/aromatic N) is 1. The van der Waals surface area contributed by atoms with Crippen molar-refractivity contribution in [2.45, 2.75) is 12.8 Å². The van der Waals surface area contributed by atoms with Gasteiger partial charge in [-0.3, -0.25) is 14.5 Å². The largest absolute Gasteiger partial charge is 0.497 e. The highest BCUT2D eigenvalue weighted by molar-refractivity contribution is 8.26. The molecule has 122 valence electrons. The quantitative estimate of drug-likeness (QED) is 0.446. The predicted octanol–water partition coefficient (Wildman–Crippen LogP) is 2.85. The van der Waals surface area contributed by atoms with E-state index in [0.29, 0.717) is 22.2 Å². The fourth-order valence-corrected chi connectivity index (χ4v) is 3.34. The number of thioether (sulfide) groups is 1. The Hall–Kier alpha value is -1.86. The van der Waals surface area contributed by atoms with Crippen LogP contribution >= 0.6 is 24.0 Å². The number of esters is 1. The van der Waals surface area contributed by atoms with Gasteiger partial charge in [0.15, 0.2) is 0 Å². The molecule has 1 aromatic carbocycles. The van der Waals surface area contributed by atoms with Gasteiger partial charge in [0.1, 0.15) is 10.1 Å². The molecule has 23 heavy (non-hydrogen) atoms. The summed E-state index contributed by atoms with van der Waals surface area (Å²) in [5.74, 6) is 0.349. The Bertz CT molecular complexity index is 640. The normalized spacial score (nSPS) is 16.1. The fraction of sp³-hybridized carbons (Fsp3) is 0.312. The molecule has 1 saturated heterocycles. The molecule has 7 heteroatoms. The van der Waals surface area contributed by atoms with Crippen molar-refractivity contribution in [3.05, 3.63) is 34.7 Å². The van der Waals surface area contributed by atoms with Gasteiger partial charge in [0.25, 0.3) is 5.91 Å². The van der Waals surface area contributed by atoms with Crippen LogP contribution in [0.2, 0.25) is 0 Å². The number of thiocarbonyl (C=S) groups is 1. The van der Waals surface area contributed by atoms with Crippen molar-refractivity contribution >= 4 is 46.3 Å². The van der Waals surface area contributed by atoms with Gasteiger partial charge in [0, 0.05) is 13.0 Å². The van der Waals surface area contributed by atoms with Crippen molar-refractivity contribution in [2.24, 2.45) is 0 Å². The molecule has 5 nitrogen and oxygen atoms in total. The van der Waals surface area contributed by atoms with Crippen LogP contribution < -0.4 is 4.74 Å². The summed E-state index contributed by atoms with van der Waals surface area (Å²) in [6.07, 6.45) is 2.60. The molecule has 1 aliphatic heterocycles. The van der Waals surface area contributed by atoms with E-state index in [1.807, 2.05) is 24.3 Å². The van der Waals surface area contributed by atoms with E-state index in [-0.39, 0.29) is 18.3 Å². The number of ether oxygens (including phenoxy) is 2. The van der Waals surface area contributed by atoms with Crippen LogP contribution in [0.3, 0.4) is 0 Å². The Labute approximate surface area is 144 Å². The minimum atomic E-state index is -0.288. The fourth-order valence-electron chi connectivity index (χ4n) is 2.03. The molecule has 0 N–H and O–H groups in total. The summed E-state index contributed by atoms with van der Waals surface area (Å²) in [6.45, 7) is 0.416. The van der Waals surface area contributed by atoms with Crippen molar-refractivity contribution in [3.63, 3.8) is 0 Å². The number of amides is 1. The molecule has 1 amide bonds. The summed E-state index contributed by atoms with van der Waals surface area (Å²) in [5.41, 5.74) is 0.904. The molecule has 0 aliphatic carbocycles. The van der Waals surface area contributed by atoms with Crippen LogP contribution in [0.15, 0.2) is 29.2 Å². The molecule has 1 aliphatic rings. The molecule has 0 atom stereocenters. The van der Waals surface area contributed by atoms with E-state index in [4.69, 9.17) is 17.0 Å². The van der Waals surface area contributed by atoms with Gasteiger partial charge in [0.05, 0.1) is 19.1 Å². The molecule has 0 spiro atoms. The highest BCUT2D eigenvalue weighted by Gasteiger charge is 2.31. The van der Waals surface area contributed by atoms with Crippen LogP contribution in [0.25, 0.3) is 6.08 Å². The van der Waals surface area contributed by atoms with Crippen LogP contribution in [-0.2, 0) is 14.3 Å². The molecule has 0 saturated carbocycles. The first kappa shape index (κ1) is 17.5. The molecule has 0 unspecified atom stereocenters. The van der Waals surface area contributed by atoms with E-state index >= 15 is 0 Å². The second kappa shape index (κ2) is 8.12. The van der Waals surface area contributed by atoms with E-state index in [0.717, 1.165) is 11.3 Å². The average molecular weight is 351 g/mol. The van der Waals surface area contributed by atoms with Crippen LogP contribution in [0.5, 0.6) is 5.75 Å². The number of carbonyl (C=O) groups excluding carboxylic acids is 2. The lowest BCUT2D eigenvalue weighted by Crippen LogP contribution is -2.29. The third-order valence-corrected chi connectivity index (χ3v) is 4.66. The maximum absolute atomic E-state index is 12.4. The van der Waals surface area contributed by atoms with Crippen molar-refractivity contribution in [1.29, 1.82) is 0 Å². The lowest BCUT2D eigenvalue weighted by molar-refractivity contribution is -0.141. The minimum absolute atomic E-state index is 0.124. The molecular weight excluding hydrogens is 334 g/mol. The van der Waals surface area contributed by atoms with E-state index in [9.17, 15) is 9.59 Å². The Morgan fingerprint density at radius 1 is 1.30 bits per heavy atom. The van der Waals surface area contributed by atoms with Gasteiger partial charge in [-0.05, 0) is 30.2 Å². The van der Waals surface area contributed by atoms with Gasteiger partial charge in [0.2, 0.25) is 0 Å². The molecule has 1 aromatic rings. The van der Waals surface area contributed by atoms with Gasteiger partial charge in [-0.2, -0.15) is 0 Å². The number of rotatable bonds is 6. The highest BCUT2D eigenvalue weighted by atomic mass is 32.2. The van der Waals surface area contributed by atoms with Gasteiger partial charge < -0.3 is 9.47 Å². The molecule has 0 radical (unpaired) electrons. The first-order valence-electron chi connectivity index (χ1n) is 7.01. The molecule has 1 fully saturated rings. The summed E-state index contributed by atoms with van der Waals surface area (Å²) < 4.78 is 10.2. The van der Waals surface area contributed by atoms with E-state index in [2.05, 4.69) is 4.74 Å². The average Bonchev–Trinajstić information content (AvgIpc) is 2.82. The summed E-state index contributed by atoms with van der Waals surface area (Å²) in [4.78, 5) is 25.6. The smallest absolute Gasteiger partial charge is 0.305 e. The minimum Gasteiger partial charge on any atom is -0.497 e. The Morgan fingerprint density at radius 2 is 2.00 bits per heavy atom. The van der Waals surface area contributed by atoms with E-state index < -0.39 is 0 Å².